The number of carbonyl (C=O) groups is 1. The molecule has 19 heavy (non-hydrogen) atoms. The highest BCUT2D eigenvalue weighted by Gasteiger charge is 2.10. The molecule has 0 saturated carbocycles. The van der Waals surface area contributed by atoms with E-state index in [9.17, 15) is 4.79 Å². The van der Waals surface area contributed by atoms with Crippen molar-refractivity contribution in [2.75, 3.05) is 20.3 Å². The molecule has 1 aromatic carbocycles. The van der Waals surface area contributed by atoms with Gasteiger partial charge in [-0.1, -0.05) is 12.1 Å². The van der Waals surface area contributed by atoms with Crippen molar-refractivity contribution >= 4 is 5.91 Å². The fraction of sp³-hybridized carbons (Fsp3) is 0.500. The molecule has 0 aliphatic carbocycles. The zero-order valence-corrected chi connectivity index (χ0v) is 11.8. The van der Waals surface area contributed by atoms with E-state index in [2.05, 4.69) is 24.2 Å². The number of amides is 1. The Balaban J connectivity index is 2.66. The highest BCUT2D eigenvalue weighted by Crippen LogP contribution is 2.10. The van der Waals surface area contributed by atoms with Crippen molar-refractivity contribution in [2.45, 2.75) is 26.4 Å². The van der Waals surface area contributed by atoms with Crippen molar-refractivity contribution in [3.8, 4) is 0 Å². The minimum atomic E-state index is -0.272. The van der Waals surface area contributed by atoms with Gasteiger partial charge in [0.1, 0.15) is 0 Å². The molecule has 0 spiro atoms. The van der Waals surface area contributed by atoms with Crippen molar-refractivity contribution in [3.05, 3.63) is 35.4 Å². The van der Waals surface area contributed by atoms with Gasteiger partial charge in [0, 0.05) is 31.8 Å². The average molecular weight is 265 g/mol. The Labute approximate surface area is 114 Å². The van der Waals surface area contributed by atoms with E-state index in [0.29, 0.717) is 18.2 Å². The third kappa shape index (κ3) is 4.98. The van der Waals surface area contributed by atoms with Crippen LogP contribution in [0.25, 0.3) is 0 Å². The number of hydrogen-bond acceptors (Lipinski definition) is 4. The summed E-state index contributed by atoms with van der Waals surface area (Å²) in [7, 11) is 1.71. The Morgan fingerprint density at radius 1 is 1.37 bits per heavy atom. The number of benzene rings is 1. The molecule has 5 nitrogen and oxygen atoms in total. The molecule has 1 rings (SSSR count). The van der Waals surface area contributed by atoms with Crippen LogP contribution < -0.4 is 11.3 Å². The second-order valence-corrected chi connectivity index (χ2v) is 4.73. The second kappa shape index (κ2) is 7.89. The van der Waals surface area contributed by atoms with E-state index in [1.807, 2.05) is 12.1 Å². The van der Waals surface area contributed by atoms with E-state index in [0.717, 1.165) is 13.1 Å². The van der Waals surface area contributed by atoms with Gasteiger partial charge in [-0.2, -0.15) is 0 Å². The minimum absolute atomic E-state index is 0.272. The summed E-state index contributed by atoms with van der Waals surface area (Å²) in [6.07, 6.45) is 0. The molecule has 0 aliphatic heterocycles. The minimum Gasteiger partial charge on any atom is -0.383 e. The molecule has 0 unspecified atom stereocenters. The Bertz CT molecular complexity index is 390. The van der Waals surface area contributed by atoms with Crippen LogP contribution in [0.15, 0.2) is 24.3 Å². The van der Waals surface area contributed by atoms with Crippen molar-refractivity contribution < 1.29 is 9.53 Å². The number of rotatable bonds is 7. The molecule has 0 saturated heterocycles. The van der Waals surface area contributed by atoms with E-state index in [-0.39, 0.29) is 5.91 Å². The van der Waals surface area contributed by atoms with Crippen molar-refractivity contribution in [1.82, 2.24) is 10.3 Å². The summed E-state index contributed by atoms with van der Waals surface area (Å²) in [5, 5.41) is 0. The van der Waals surface area contributed by atoms with Gasteiger partial charge in [0.15, 0.2) is 0 Å². The Hall–Kier alpha value is -1.43. The summed E-state index contributed by atoms with van der Waals surface area (Å²) in [4.78, 5) is 13.7. The zero-order chi connectivity index (χ0) is 14.3. The lowest BCUT2D eigenvalue weighted by Gasteiger charge is -2.26. The predicted molar refractivity (Wildman–Crippen MR) is 75.5 cm³/mol. The Kier molecular flexibility index (Phi) is 6.49. The topological polar surface area (TPSA) is 67.6 Å². The first-order chi connectivity index (χ1) is 9.08. The SMILES string of the molecule is COCCN(Cc1ccc(C(=O)NN)cc1)C(C)C. The number of nitrogens with one attached hydrogen (secondary N) is 1. The number of carbonyl (C=O) groups excluding carboxylic acids is 1. The predicted octanol–water partition coefficient (Wildman–Crippen LogP) is 1.15. The van der Waals surface area contributed by atoms with Crippen molar-refractivity contribution in [3.63, 3.8) is 0 Å². The monoisotopic (exact) mass is 265 g/mol. The molecule has 0 aromatic heterocycles. The van der Waals surface area contributed by atoms with Gasteiger partial charge in [-0.15, -0.1) is 0 Å². The van der Waals surface area contributed by atoms with E-state index < -0.39 is 0 Å². The quantitative estimate of drug-likeness (QED) is 0.441. The van der Waals surface area contributed by atoms with Crippen LogP contribution in [0.3, 0.4) is 0 Å². The standard InChI is InChI=1S/C14H23N3O2/c1-11(2)17(8-9-19-3)10-12-4-6-13(7-5-12)14(18)16-15/h4-7,11H,8-10,15H2,1-3H3,(H,16,18). The maximum absolute atomic E-state index is 11.3. The van der Waals surface area contributed by atoms with E-state index in [4.69, 9.17) is 10.6 Å². The molecule has 0 atom stereocenters. The molecule has 0 radical (unpaired) electrons. The van der Waals surface area contributed by atoms with Gasteiger partial charge in [-0.3, -0.25) is 15.1 Å². The van der Waals surface area contributed by atoms with Gasteiger partial charge in [-0.25, -0.2) is 5.84 Å². The number of nitrogen functional groups attached to an aromatic ring is 1. The van der Waals surface area contributed by atoms with Crippen LogP contribution in [0.1, 0.15) is 29.8 Å². The number of nitrogens with two attached hydrogens (primary N) is 1. The van der Waals surface area contributed by atoms with Crippen LogP contribution in [0.5, 0.6) is 0 Å². The summed E-state index contributed by atoms with van der Waals surface area (Å²) >= 11 is 0. The first kappa shape index (κ1) is 15.6. The zero-order valence-electron chi connectivity index (χ0n) is 11.8. The summed E-state index contributed by atoms with van der Waals surface area (Å²) in [6.45, 7) is 6.76. The maximum atomic E-state index is 11.3. The Morgan fingerprint density at radius 3 is 2.47 bits per heavy atom. The molecule has 106 valence electrons. The number of ether oxygens (including phenoxy) is 1. The molecule has 1 amide bonds. The lowest BCUT2D eigenvalue weighted by Crippen LogP contribution is -2.33. The van der Waals surface area contributed by atoms with Crippen LogP contribution in [0.4, 0.5) is 0 Å². The van der Waals surface area contributed by atoms with E-state index in [1.165, 1.54) is 5.56 Å². The summed E-state index contributed by atoms with van der Waals surface area (Å²) in [5.74, 6) is 4.82. The fourth-order valence-electron chi connectivity index (χ4n) is 1.81. The summed E-state index contributed by atoms with van der Waals surface area (Å²) in [5.41, 5.74) is 3.86. The van der Waals surface area contributed by atoms with E-state index >= 15 is 0 Å². The van der Waals surface area contributed by atoms with Gasteiger partial charge < -0.3 is 4.74 Å². The van der Waals surface area contributed by atoms with Crippen LogP contribution in [0.2, 0.25) is 0 Å². The van der Waals surface area contributed by atoms with Crippen LogP contribution in [0, 0.1) is 0 Å². The molecule has 0 heterocycles. The third-order valence-electron chi connectivity index (χ3n) is 3.05. The molecule has 1 aromatic rings. The van der Waals surface area contributed by atoms with Crippen LogP contribution >= 0.6 is 0 Å². The first-order valence-corrected chi connectivity index (χ1v) is 6.41. The molecule has 0 aliphatic rings. The number of methoxy groups -OCH3 is 1. The normalized spacial score (nSPS) is 11.1. The average Bonchev–Trinajstić information content (AvgIpc) is 2.43. The fourth-order valence-corrected chi connectivity index (χ4v) is 1.81. The van der Waals surface area contributed by atoms with Gasteiger partial charge >= 0.3 is 0 Å². The van der Waals surface area contributed by atoms with Gasteiger partial charge in [-0.05, 0) is 31.5 Å². The molecule has 5 heteroatoms. The summed E-state index contributed by atoms with van der Waals surface area (Å²) in [6, 6.07) is 7.92. The van der Waals surface area contributed by atoms with Crippen LogP contribution in [-0.2, 0) is 11.3 Å². The van der Waals surface area contributed by atoms with Gasteiger partial charge in [0.25, 0.3) is 5.91 Å². The van der Waals surface area contributed by atoms with Crippen LogP contribution in [-0.4, -0.2) is 37.1 Å². The van der Waals surface area contributed by atoms with E-state index in [1.54, 1.807) is 19.2 Å². The van der Waals surface area contributed by atoms with Crippen molar-refractivity contribution in [1.29, 1.82) is 0 Å². The largest absolute Gasteiger partial charge is 0.383 e. The van der Waals surface area contributed by atoms with Crippen molar-refractivity contribution in [2.24, 2.45) is 5.84 Å². The number of hydrogen-bond donors (Lipinski definition) is 2. The first-order valence-electron chi connectivity index (χ1n) is 6.41. The lowest BCUT2D eigenvalue weighted by atomic mass is 10.1. The lowest BCUT2D eigenvalue weighted by molar-refractivity contribution is 0.0953. The number of hydrazine groups is 1. The second-order valence-electron chi connectivity index (χ2n) is 4.73. The van der Waals surface area contributed by atoms with Gasteiger partial charge in [0.05, 0.1) is 6.61 Å². The molecular formula is C14H23N3O2. The molecule has 0 bridgehead atoms. The molecule has 3 N–H and O–H groups in total. The Morgan fingerprint density at radius 2 is 2.00 bits per heavy atom. The smallest absolute Gasteiger partial charge is 0.265 e. The highest BCUT2D eigenvalue weighted by molar-refractivity contribution is 5.93. The summed E-state index contributed by atoms with van der Waals surface area (Å²) < 4.78 is 5.12. The number of nitrogens with zero attached hydrogens (tertiary/aromatic N) is 1. The maximum Gasteiger partial charge on any atom is 0.265 e. The molecule has 0 fully saturated rings. The third-order valence-corrected chi connectivity index (χ3v) is 3.05. The highest BCUT2D eigenvalue weighted by atomic mass is 16.5. The van der Waals surface area contributed by atoms with Gasteiger partial charge in [0.2, 0.25) is 0 Å². The molecular weight excluding hydrogens is 242 g/mol.